The van der Waals surface area contributed by atoms with Crippen molar-refractivity contribution in [2.24, 2.45) is 16.7 Å². The van der Waals surface area contributed by atoms with E-state index in [-0.39, 0.29) is 41.5 Å². The first kappa shape index (κ1) is 24.7. The van der Waals surface area contributed by atoms with Gasteiger partial charge in [0, 0.05) is 11.6 Å². The smallest absolute Gasteiger partial charge is 0.325 e. The standard InChI is InChI=1S/C24H34N2O7/c1-23(2)15-7-8-24(23,3)18(11-15)26-19(27)13-33-20(28)12-25-22(29)14-9-16(30-4)21(32-6)17(10-14)31-5/h9-10,15,18H,7-8,11-13H2,1-6H3,(H,25,29)(H,26,27)/t15?,18?,24-/m1/s1. The van der Waals surface area contributed by atoms with Crippen molar-refractivity contribution in [3.05, 3.63) is 17.7 Å². The molecule has 3 atom stereocenters. The fraction of sp³-hybridized carbons (Fsp3) is 0.625. The number of amides is 2. The second-order valence-electron chi connectivity index (χ2n) is 9.49. The molecule has 2 N–H and O–H groups in total. The molecule has 0 radical (unpaired) electrons. The summed E-state index contributed by atoms with van der Waals surface area (Å²) in [6.45, 7) is 6.02. The minimum absolute atomic E-state index is 0.0474. The Morgan fingerprint density at radius 2 is 1.67 bits per heavy atom. The third-order valence-corrected chi connectivity index (χ3v) is 7.81. The Kier molecular flexibility index (Phi) is 7.09. The molecule has 0 spiro atoms. The molecule has 0 aliphatic heterocycles. The number of ether oxygens (including phenoxy) is 4. The molecule has 1 aromatic carbocycles. The summed E-state index contributed by atoms with van der Waals surface area (Å²) in [6.07, 6.45) is 3.23. The normalized spacial score (nSPS) is 24.7. The van der Waals surface area contributed by atoms with Gasteiger partial charge in [0.05, 0.1) is 21.3 Å². The lowest BCUT2D eigenvalue weighted by molar-refractivity contribution is -0.148. The van der Waals surface area contributed by atoms with Gasteiger partial charge in [0.25, 0.3) is 11.8 Å². The van der Waals surface area contributed by atoms with Gasteiger partial charge >= 0.3 is 5.97 Å². The zero-order valence-electron chi connectivity index (χ0n) is 20.2. The molecule has 2 bridgehead atoms. The van der Waals surface area contributed by atoms with E-state index >= 15 is 0 Å². The summed E-state index contributed by atoms with van der Waals surface area (Å²) in [7, 11) is 4.35. The minimum Gasteiger partial charge on any atom is -0.493 e. The number of benzene rings is 1. The Morgan fingerprint density at radius 3 is 2.15 bits per heavy atom. The molecular formula is C24H34N2O7. The lowest BCUT2D eigenvalue weighted by Gasteiger charge is -2.39. The van der Waals surface area contributed by atoms with Crippen LogP contribution in [0.1, 0.15) is 50.4 Å². The molecule has 2 unspecified atom stereocenters. The average Bonchev–Trinajstić information content (AvgIpc) is 3.13. The summed E-state index contributed by atoms with van der Waals surface area (Å²) in [4.78, 5) is 36.9. The van der Waals surface area contributed by atoms with E-state index in [4.69, 9.17) is 18.9 Å². The Hall–Kier alpha value is -2.97. The molecule has 3 rings (SSSR count). The zero-order chi connectivity index (χ0) is 24.4. The molecule has 2 saturated carbocycles. The van der Waals surface area contributed by atoms with Crippen LogP contribution in [0.5, 0.6) is 17.2 Å². The van der Waals surface area contributed by atoms with Crippen molar-refractivity contribution in [3.8, 4) is 17.2 Å². The average molecular weight is 463 g/mol. The second-order valence-corrected chi connectivity index (χ2v) is 9.49. The molecular weight excluding hydrogens is 428 g/mol. The summed E-state index contributed by atoms with van der Waals surface area (Å²) in [5, 5.41) is 5.52. The van der Waals surface area contributed by atoms with Crippen LogP contribution in [0.2, 0.25) is 0 Å². The highest BCUT2D eigenvalue weighted by molar-refractivity contribution is 5.97. The van der Waals surface area contributed by atoms with Crippen molar-refractivity contribution in [2.75, 3.05) is 34.5 Å². The largest absolute Gasteiger partial charge is 0.493 e. The topological polar surface area (TPSA) is 112 Å². The maximum atomic E-state index is 12.5. The van der Waals surface area contributed by atoms with Gasteiger partial charge in [-0.1, -0.05) is 20.8 Å². The first-order chi connectivity index (χ1) is 15.6. The fourth-order valence-corrected chi connectivity index (χ4v) is 5.32. The molecule has 182 valence electrons. The highest BCUT2D eigenvalue weighted by atomic mass is 16.5. The Bertz CT molecular complexity index is 904. The maximum Gasteiger partial charge on any atom is 0.325 e. The summed E-state index contributed by atoms with van der Waals surface area (Å²) in [5.74, 6) is 0.0417. The van der Waals surface area contributed by atoms with Crippen LogP contribution in [0, 0.1) is 16.7 Å². The lowest BCUT2D eigenvalue weighted by atomic mass is 9.69. The van der Waals surface area contributed by atoms with Crippen LogP contribution in [-0.2, 0) is 14.3 Å². The Morgan fingerprint density at radius 1 is 1.03 bits per heavy atom. The van der Waals surface area contributed by atoms with Crippen LogP contribution in [-0.4, -0.2) is 58.3 Å². The van der Waals surface area contributed by atoms with Gasteiger partial charge in [-0.05, 0) is 48.1 Å². The number of methoxy groups -OCH3 is 3. The van der Waals surface area contributed by atoms with Crippen molar-refractivity contribution < 1.29 is 33.3 Å². The van der Waals surface area contributed by atoms with E-state index in [1.807, 2.05) is 0 Å². The predicted molar refractivity (Wildman–Crippen MR) is 121 cm³/mol. The van der Waals surface area contributed by atoms with Crippen molar-refractivity contribution >= 4 is 17.8 Å². The third kappa shape index (κ3) is 4.58. The summed E-state index contributed by atoms with van der Waals surface area (Å²) >= 11 is 0. The van der Waals surface area contributed by atoms with Crippen molar-refractivity contribution in [1.82, 2.24) is 10.6 Å². The van der Waals surface area contributed by atoms with E-state index in [1.54, 1.807) is 0 Å². The van der Waals surface area contributed by atoms with E-state index in [0.717, 1.165) is 12.8 Å². The molecule has 33 heavy (non-hydrogen) atoms. The van der Waals surface area contributed by atoms with Crippen LogP contribution in [0.4, 0.5) is 0 Å². The zero-order valence-corrected chi connectivity index (χ0v) is 20.2. The molecule has 9 heteroatoms. The monoisotopic (exact) mass is 462 g/mol. The van der Waals surface area contributed by atoms with E-state index in [9.17, 15) is 14.4 Å². The van der Waals surface area contributed by atoms with Crippen LogP contribution in [0.3, 0.4) is 0 Å². The van der Waals surface area contributed by atoms with Crippen molar-refractivity contribution in [1.29, 1.82) is 0 Å². The van der Waals surface area contributed by atoms with Crippen LogP contribution < -0.4 is 24.8 Å². The van der Waals surface area contributed by atoms with Gasteiger partial charge in [0.15, 0.2) is 18.1 Å². The van der Waals surface area contributed by atoms with Crippen LogP contribution >= 0.6 is 0 Å². The molecule has 2 aliphatic carbocycles. The van der Waals surface area contributed by atoms with Gasteiger partial charge in [-0.3, -0.25) is 14.4 Å². The van der Waals surface area contributed by atoms with Crippen LogP contribution in [0.25, 0.3) is 0 Å². The first-order valence-corrected chi connectivity index (χ1v) is 11.1. The highest BCUT2D eigenvalue weighted by Crippen LogP contribution is 2.65. The Balaban J connectivity index is 1.48. The first-order valence-electron chi connectivity index (χ1n) is 11.1. The molecule has 2 fully saturated rings. The SMILES string of the molecule is COc1cc(C(=O)NCC(=O)OCC(=O)NC2CC3CC[C@@]2(C)C3(C)C)cc(OC)c1OC. The predicted octanol–water partition coefficient (Wildman–Crippen LogP) is 2.32. The number of hydrogen-bond donors (Lipinski definition) is 2. The molecule has 2 aliphatic rings. The van der Waals surface area contributed by atoms with Gasteiger partial charge in [-0.25, -0.2) is 0 Å². The summed E-state index contributed by atoms with van der Waals surface area (Å²) in [6, 6.07) is 3.04. The molecule has 2 amide bonds. The summed E-state index contributed by atoms with van der Waals surface area (Å²) in [5.41, 5.74) is 0.451. The molecule has 9 nitrogen and oxygen atoms in total. The third-order valence-electron chi connectivity index (χ3n) is 7.81. The number of hydrogen-bond acceptors (Lipinski definition) is 7. The molecule has 0 saturated heterocycles. The minimum atomic E-state index is -0.703. The Labute approximate surface area is 194 Å². The number of nitrogens with one attached hydrogen (secondary N) is 2. The number of esters is 1. The number of carbonyl (C=O) groups is 3. The number of fused-ring (bicyclic) bond motifs is 2. The van der Waals surface area contributed by atoms with E-state index < -0.39 is 11.9 Å². The quantitative estimate of drug-likeness (QED) is 0.542. The van der Waals surface area contributed by atoms with E-state index in [0.29, 0.717) is 23.2 Å². The fourth-order valence-electron chi connectivity index (χ4n) is 5.32. The van der Waals surface area contributed by atoms with E-state index in [2.05, 4.69) is 31.4 Å². The maximum absolute atomic E-state index is 12.5. The van der Waals surface area contributed by atoms with Crippen molar-refractivity contribution in [3.63, 3.8) is 0 Å². The lowest BCUT2D eigenvalue weighted by Crippen LogP contribution is -2.48. The van der Waals surface area contributed by atoms with E-state index in [1.165, 1.54) is 39.9 Å². The molecule has 0 aromatic heterocycles. The molecule has 0 heterocycles. The van der Waals surface area contributed by atoms with Gasteiger partial charge in [0.1, 0.15) is 6.54 Å². The van der Waals surface area contributed by atoms with Gasteiger partial charge in [0.2, 0.25) is 5.75 Å². The highest BCUT2D eigenvalue weighted by Gasteiger charge is 2.61. The van der Waals surface area contributed by atoms with Gasteiger partial charge < -0.3 is 29.6 Å². The van der Waals surface area contributed by atoms with Crippen molar-refractivity contribution in [2.45, 2.75) is 46.1 Å². The van der Waals surface area contributed by atoms with Gasteiger partial charge in [-0.2, -0.15) is 0 Å². The molecule has 1 aromatic rings. The summed E-state index contributed by atoms with van der Waals surface area (Å²) < 4.78 is 20.8. The van der Waals surface area contributed by atoms with Crippen LogP contribution in [0.15, 0.2) is 12.1 Å². The number of carbonyl (C=O) groups excluding carboxylic acids is 3. The number of rotatable bonds is 9. The second kappa shape index (κ2) is 9.49. The van der Waals surface area contributed by atoms with Gasteiger partial charge in [-0.15, -0.1) is 0 Å².